The Morgan fingerprint density at radius 3 is 3.00 bits per heavy atom. The molecule has 1 radical (unpaired) electrons. The van der Waals surface area contributed by atoms with Gasteiger partial charge < -0.3 is 9.47 Å². The van der Waals surface area contributed by atoms with E-state index in [1.807, 2.05) is 0 Å². The fraction of sp³-hybridized carbons (Fsp3) is 0.875. The Balaban J connectivity index is 2.01. The molecule has 0 aromatic carbocycles. The smallest absolute Gasteiger partial charge is 0.118 e. The largest absolute Gasteiger partial charge is 0.378 e. The summed E-state index contributed by atoms with van der Waals surface area (Å²) in [7, 11) is 1.77. The molecule has 2 aliphatic rings. The van der Waals surface area contributed by atoms with E-state index >= 15 is 0 Å². The molecule has 1 saturated carbocycles. The molecule has 2 fully saturated rings. The number of hydrogen-bond donors (Lipinski definition) is 0. The van der Waals surface area contributed by atoms with Crippen LogP contribution in [0.1, 0.15) is 19.3 Å². The van der Waals surface area contributed by atoms with Crippen molar-refractivity contribution in [2.24, 2.45) is 0 Å². The van der Waals surface area contributed by atoms with E-state index in [-0.39, 0.29) is 5.60 Å². The topological polar surface area (TPSA) is 21.8 Å². The number of epoxide rings is 1. The average Bonchev–Trinajstić information content (AvgIpc) is 2.71. The van der Waals surface area contributed by atoms with Crippen LogP contribution >= 0.6 is 0 Å². The minimum Gasteiger partial charge on any atom is -0.378 e. The first-order valence-corrected chi connectivity index (χ1v) is 3.86. The molecular weight excluding hydrogens is 128 g/mol. The zero-order chi connectivity index (χ0) is 7.03. The van der Waals surface area contributed by atoms with Crippen molar-refractivity contribution >= 4 is 0 Å². The highest BCUT2D eigenvalue weighted by molar-refractivity contribution is 5.05. The molecule has 1 aliphatic heterocycles. The molecule has 1 spiro atoms. The highest BCUT2D eigenvalue weighted by Crippen LogP contribution is 2.42. The molecular formula is C8H13O2. The summed E-state index contributed by atoms with van der Waals surface area (Å²) in [5.74, 6) is 0. The summed E-state index contributed by atoms with van der Waals surface area (Å²) in [5, 5.41) is 0. The van der Waals surface area contributed by atoms with Gasteiger partial charge in [-0.2, -0.15) is 0 Å². The Hall–Kier alpha value is -0.0800. The lowest BCUT2D eigenvalue weighted by molar-refractivity contribution is 0.0149. The van der Waals surface area contributed by atoms with Gasteiger partial charge in [0.25, 0.3) is 0 Å². The van der Waals surface area contributed by atoms with E-state index in [4.69, 9.17) is 9.47 Å². The van der Waals surface area contributed by atoms with E-state index < -0.39 is 0 Å². The molecule has 2 atom stereocenters. The van der Waals surface area contributed by atoms with Gasteiger partial charge >= 0.3 is 0 Å². The van der Waals surface area contributed by atoms with E-state index in [1.54, 1.807) is 7.11 Å². The van der Waals surface area contributed by atoms with Gasteiger partial charge in [-0.05, 0) is 25.7 Å². The summed E-state index contributed by atoms with van der Waals surface area (Å²) >= 11 is 0. The molecule has 2 heteroatoms. The van der Waals surface area contributed by atoms with Crippen molar-refractivity contribution in [2.45, 2.75) is 31.0 Å². The minimum atomic E-state index is 0.142. The Morgan fingerprint density at radius 1 is 1.70 bits per heavy atom. The van der Waals surface area contributed by atoms with Crippen molar-refractivity contribution in [1.82, 2.24) is 0 Å². The molecule has 1 aliphatic carbocycles. The normalized spacial score (nSPS) is 45.9. The third-order valence-electron chi connectivity index (χ3n) is 2.54. The third kappa shape index (κ3) is 0.867. The van der Waals surface area contributed by atoms with Gasteiger partial charge in [0.2, 0.25) is 0 Å². The maximum absolute atomic E-state index is 5.40. The molecule has 10 heavy (non-hydrogen) atoms. The Kier molecular flexibility index (Phi) is 1.46. The number of rotatable bonds is 1. The maximum atomic E-state index is 5.40. The quantitative estimate of drug-likeness (QED) is 0.511. The number of methoxy groups -OCH3 is 1. The Labute approximate surface area is 61.5 Å². The van der Waals surface area contributed by atoms with Gasteiger partial charge in [0, 0.05) is 7.11 Å². The highest BCUT2D eigenvalue weighted by atomic mass is 16.6. The van der Waals surface area contributed by atoms with E-state index in [0.717, 1.165) is 19.4 Å². The van der Waals surface area contributed by atoms with Gasteiger partial charge in [-0.25, -0.2) is 0 Å². The van der Waals surface area contributed by atoms with Crippen molar-refractivity contribution in [3.05, 3.63) is 6.42 Å². The van der Waals surface area contributed by atoms with Gasteiger partial charge in [0.1, 0.15) is 5.60 Å². The highest BCUT2D eigenvalue weighted by Gasteiger charge is 2.52. The molecule has 57 valence electrons. The van der Waals surface area contributed by atoms with E-state index in [0.29, 0.717) is 6.10 Å². The number of ether oxygens (including phenoxy) is 2. The fourth-order valence-corrected chi connectivity index (χ4v) is 1.73. The van der Waals surface area contributed by atoms with Crippen molar-refractivity contribution < 1.29 is 9.47 Å². The van der Waals surface area contributed by atoms with E-state index in [1.165, 1.54) is 6.42 Å². The fourth-order valence-electron chi connectivity index (χ4n) is 1.73. The van der Waals surface area contributed by atoms with Crippen molar-refractivity contribution in [1.29, 1.82) is 0 Å². The second-order valence-electron chi connectivity index (χ2n) is 3.14. The van der Waals surface area contributed by atoms with Crippen LogP contribution in [0.15, 0.2) is 0 Å². The van der Waals surface area contributed by atoms with Gasteiger partial charge in [0.05, 0.1) is 12.7 Å². The summed E-state index contributed by atoms with van der Waals surface area (Å²) < 4.78 is 10.7. The van der Waals surface area contributed by atoms with Crippen LogP contribution in [0, 0.1) is 6.42 Å². The second-order valence-corrected chi connectivity index (χ2v) is 3.14. The van der Waals surface area contributed by atoms with Gasteiger partial charge in [-0.3, -0.25) is 0 Å². The molecule has 0 aromatic rings. The summed E-state index contributed by atoms with van der Waals surface area (Å²) in [6, 6.07) is 0. The number of hydrogen-bond acceptors (Lipinski definition) is 2. The first kappa shape index (κ1) is 6.62. The third-order valence-corrected chi connectivity index (χ3v) is 2.54. The molecule has 0 aromatic heterocycles. The zero-order valence-electron chi connectivity index (χ0n) is 6.30. The Morgan fingerprint density at radius 2 is 2.50 bits per heavy atom. The van der Waals surface area contributed by atoms with Gasteiger partial charge in [-0.15, -0.1) is 0 Å². The molecule has 1 saturated heterocycles. The first-order valence-electron chi connectivity index (χ1n) is 3.86. The van der Waals surface area contributed by atoms with E-state index in [2.05, 4.69) is 6.42 Å². The molecule has 2 unspecified atom stereocenters. The van der Waals surface area contributed by atoms with Crippen LogP contribution in [0.3, 0.4) is 0 Å². The standard InChI is InChI=1S/C8H13O2/c1-9-7-4-2-3-5-8(7)6-10-8/h2,7H,3-6H2,1H3. The average molecular weight is 141 g/mol. The monoisotopic (exact) mass is 141 g/mol. The summed E-state index contributed by atoms with van der Waals surface area (Å²) in [6.45, 7) is 0.916. The van der Waals surface area contributed by atoms with Crippen LogP contribution in [-0.4, -0.2) is 25.4 Å². The second kappa shape index (κ2) is 2.21. The van der Waals surface area contributed by atoms with Crippen LogP contribution < -0.4 is 0 Å². The van der Waals surface area contributed by atoms with Crippen LogP contribution in [-0.2, 0) is 9.47 Å². The van der Waals surface area contributed by atoms with Crippen molar-refractivity contribution in [3.63, 3.8) is 0 Å². The lowest BCUT2D eigenvalue weighted by Gasteiger charge is -2.26. The van der Waals surface area contributed by atoms with Crippen LogP contribution in [0.5, 0.6) is 0 Å². The predicted molar refractivity (Wildman–Crippen MR) is 37.6 cm³/mol. The van der Waals surface area contributed by atoms with Gasteiger partial charge in [0.15, 0.2) is 0 Å². The summed E-state index contributed by atoms with van der Waals surface area (Å²) in [4.78, 5) is 0. The van der Waals surface area contributed by atoms with Gasteiger partial charge in [-0.1, -0.05) is 0 Å². The SMILES string of the molecule is COC1C[CH]CCC12CO2. The lowest BCUT2D eigenvalue weighted by Crippen LogP contribution is -2.35. The minimum absolute atomic E-state index is 0.142. The molecule has 0 N–H and O–H groups in total. The lowest BCUT2D eigenvalue weighted by atomic mass is 9.87. The van der Waals surface area contributed by atoms with Crippen LogP contribution in [0.4, 0.5) is 0 Å². The maximum Gasteiger partial charge on any atom is 0.118 e. The first-order chi connectivity index (χ1) is 4.87. The molecule has 0 amide bonds. The molecule has 0 bridgehead atoms. The van der Waals surface area contributed by atoms with Crippen LogP contribution in [0.25, 0.3) is 0 Å². The van der Waals surface area contributed by atoms with Crippen molar-refractivity contribution in [2.75, 3.05) is 13.7 Å². The summed E-state index contributed by atoms with van der Waals surface area (Å²) in [6.07, 6.45) is 6.05. The predicted octanol–water partition coefficient (Wildman–Crippen LogP) is 1.16. The molecule has 2 nitrogen and oxygen atoms in total. The van der Waals surface area contributed by atoms with Crippen molar-refractivity contribution in [3.8, 4) is 0 Å². The summed E-state index contributed by atoms with van der Waals surface area (Å²) in [5.41, 5.74) is 0.142. The zero-order valence-corrected chi connectivity index (χ0v) is 6.30. The van der Waals surface area contributed by atoms with E-state index in [9.17, 15) is 0 Å². The van der Waals surface area contributed by atoms with Crippen LogP contribution in [0.2, 0.25) is 0 Å². The Bertz CT molecular complexity index is 129. The molecule has 1 heterocycles. The molecule has 2 rings (SSSR count).